The van der Waals surface area contributed by atoms with Gasteiger partial charge in [0.15, 0.2) is 0 Å². The number of benzene rings is 2. The molecule has 0 saturated heterocycles. The lowest BCUT2D eigenvalue weighted by Crippen LogP contribution is -2.06. The van der Waals surface area contributed by atoms with E-state index in [1.165, 1.54) is 46.9 Å². The van der Waals surface area contributed by atoms with Crippen molar-refractivity contribution >= 4 is 28.5 Å². The SMILES string of the molecule is Cc1nc(C(=O)c2nc(C)sc2-c2cccc(F)c2)c(-c2cccc(F)c2)s1. The average Bonchev–Trinajstić information content (AvgIpc) is 3.24. The number of aromatic nitrogens is 2. The van der Waals surface area contributed by atoms with Gasteiger partial charge in [-0.2, -0.15) is 0 Å². The first-order valence-electron chi connectivity index (χ1n) is 8.44. The van der Waals surface area contributed by atoms with E-state index < -0.39 is 0 Å². The summed E-state index contributed by atoms with van der Waals surface area (Å²) < 4.78 is 27.4. The predicted octanol–water partition coefficient (Wildman–Crippen LogP) is 6.06. The summed E-state index contributed by atoms with van der Waals surface area (Å²) in [4.78, 5) is 23.3. The molecule has 0 amide bonds. The Bertz CT molecular complexity index is 1110. The van der Waals surface area contributed by atoms with E-state index in [4.69, 9.17) is 0 Å². The summed E-state index contributed by atoms with van der Waals surface area (Å²) >= 11 is 2.65. The highest BCUT2D eigenvalue weighted by Gasteiger charge is 2.26. The summed E-state index contributed by atoms with van der Waals surface area (Å²) in [6.45, 7) is 3.59. The van der Waals surface area contributed by atoms with E-state index in [-0.39, 0.29) is 28.8 Å². The van der Waals surface area contributed by atoms with Gasteiger partial charge in [0.05, 0.1) is 19.8 Å². The topological polar surface area (TPSA) is 42.9 Å². The van der Waals surface area contributed by atoms with Crippen LogP contribution in [0.3, 0.4) is 0 Å². The van der Waals surface area contributed by atoms with Crippen molar-refractivity contribution in [3.05, 3.63) is 81.6 Å². The van der Waals surface area contributed by atoms with Crippen molar-refractivity contribution in [2.45, 2.75) is 13.8 Å². The number of hydrogen-bond acceptors (Lipinski definition) is 5. The first-order valence-corrected chi connectivity index (χ1v) is 10.1. The molecule has 0 aliphatic carbocycles. The maximum atomic E-state index is 13.7. The molecule has 0 spiro atoms. The van der Waals surface area contributed by atoms with Crippen molar-refractivity contribution in [3.8, 4) is 20.9 Å². The maximum Gasteiger partial charge on any atom is 0.232 e. The number of thiazole rings is 2. The van der Waals surface area contributed by atoms with Crippen LogP contribution in [0.2, 0.25) is 0 Å². The molecule has 0 atom stereocenters. The summed E-state index contributed by atoms with van der Waals surface area (Å²) in [5.74, 6) is -1.12. The molecule has 4 rings (SSSR count). The fourth-order valence-electron chi connectivity index (χ4n) is 2.92. The van der Waals surface area contributed by atoms with E-state index >= 15 is 0 Å². The fraction of sp³-hybridized carbons (Fsp3) is 0.0952. The van der Waals surface area contributed by atoms with Gasteiger partial charge < -0.3 is 0 Å². The van der Waals surface area contributed by atoms with Crippen molar-refractivity contribution in [3.63, 3.8) is 0 Å². The Labute approximate surface area is 168 Å². The van der Waals surface area contributed by atoms with Crippen LogP contribution in [0.4, 0.5) is 8.78 Å². The quantitative estimate of drug-likeness (QED) is 0.383. The van der Waals surface area contributed by atoms with E-state index in [1.807, 2.05) is 0 Å². The van der Waals surface area contributed by atoms with Crippen LogP contribution in [0.5, 0.6) is 0 Å². The van der Waals surface area contributed by atoms with Gasteiger partial charge in [-0.05, 0) is 49.2 Å². The van der Waals surface area contributed by atoms with Crippen molar-refractivity contribution in [2.75, 3.05) is 0 Å². The van der Waals surface area contributed by atoms with Crippen molar-refractivity contribution in [1.29, 1.82) is 0 Å². The molecule has 4 aromatic rings. The normalized spacial score (nSPS) is 11.0. The van der Waals surface area contributed by atoms with Crippen LogP contribution < -0.4 is 0 Å². The van der Waals surface area contributed by atoms with Crippen LogP contribution in [0.15, 0.2) is 48.5 Å². The van der Waals surface area contributed by atoms with Crippen molar-refractivity contribution < 1.29 is 13.6 Å². The molecule has 0 saturated carbocycles. The summed E-state index contributed by atoms with van der Waals surface area (Å²) in [6.07, 6.45) is 0. The molecule has 0 aliphatic heterocycles. The van der Waals surface area contributed by atoms with E-state index in [1.54, 1.807) is 38.1 Å². The minimum Gasteiger partial charge on any atom is -0.285 e. The second kappa shape index (κ2) is 7.33. The number of carbonyl (C=O) groups excluding carboxylic acids is 1. The monoisotopic (exact) mass is 412 g/mol. The Morgan fingerprint density at radius 3 is 1.61 bits per heavy atom. The van der Waals surface area contributed by atoms with Crippen LogP contribution in [-0.4, -0.2) is 15.8 Å². The van der Waals surface area contributed by atoms with E-state index in [2.05, 4.69) is 9.97 Å². The smallest absolute Gasteiger partial charge is 0.232 e. The van der Waals surface area contributed by atoms with Crippen LogP contribution in [-0.2, 0) is 0 Å². The lowest BCUT2D eigenvalue weighted by Gasteiger charge is -2.04. The number of halogens is 2. The van der Waals surface area contributed by atoms with Gasteiger partial charge >= 0.3 is 0 Å². The van der Waals surface area contributed by atoms with Gasteiger partial charge in [-0.25, -0.2) is 18.7 Å². The standard InChI is InChI=1S/C21H14F2N2OS2/c1-11-24-17(20(27-11)13-5-3-7-15(22)9-13)19(26)18-21(28-12(2)25-18)14-6-4-8-16(23)10-14/h3-10H,1-2H3. The number of aryl methyl sites for hydroxylation is 2. The Morgan fingerprint density at radius 1 is 0.786 bits per heavy atom. The summed E-state index contributed by atoms with van der Waals surface area (Å²) in [6, 6.07) is 12.1. The molecule has 2 aromatic carbocycles. The molecule has 7 heteroatoms. The number of hydrogen-bond donors (Lipinski definition) is 0. The zero-order valence-corrected chi connectivity index (χ0v) is 16.6. The summed E-state index contributed by atoms with van der Waals surface area (Å²) in [5, 5.41) is 1.39. The second-order valence-corrected chi connectivity index (χ2v) is 8.58. The number of carbonyl (C=O) groups is 1. The van der Waals surface area contributed by atoms with Gasteiger partial charge in [0.2, 0.25) is 5.78 Å². The minimum atomic E-state index is -0.382. The van der Waals surface area contributed by atoms with Crippen LogP contribution in [0.1, 0.15) is 26.2 Å². The largest absolute Gasteiger partial charge is 0.285 e. The van der Waals surface area contributed by atoms with Crippen molar-refractivity contribution in [1.82, 2.24) is 9.97 Å². The van der Waals surface area contributed by atoms with E-state index in [0.29, 0.717) is 30.9 Å². The van der Waals surface area contributed by atoms with Gasteiger partial charge in [0.1, 0.15) is 23.0 Å². The molecule has 2 aromatic heterocycles. The Hall–Kier alpha value is -2.77. The highest BCUT2D eigenvalue weighted by atomic mass is 32.1. The third-order valence-electron chi connectivity index (χ3n) is 4.07. The number of rotatable bonds is 4. The van der Waals surface area contributed by atoms with Gasteiger partial charge in [0.25, 0.3) is 0 Å². The highest BCUT2D eigenvalue weighted by molar-refractivity contribution is 7.16. The summed E-state index contributed by atoms with van der Waals surface area (Å²) in [5.41, 5.74) is 1.65. The molecule has 0 fully saturated rings. The van der Waals surface area contributed by atoms with E-state index in [9.17, 15) is 13.6 Å². The molecule has 2 heterocycles. The van der Waals surface area contributed by atoms with Crippen LogP contribution >= 0.6 is 22.7 Å². The summed E-state index contributed by atoms with van der Waals surface area (Å²) in [7, 11) is 0. The second-order valence-electron chi connectivity index (χ2n) is 6.17. The number of nitrogens with zero attached hydrogens (tertiary/aromatic N) is 2. The molecule has 0 unspecified atom stereocenters. The lowest BCUT2D eigenvalue weighted by molar-refractivity contribution is 0.103. The van der Waals surface area contributed by atoms with Gasteiger partial charge in [-0.3, -0.25) is 4.79 Å². The molecule has 140 valence electrons. The Kier molecular flexibility index (Phi) is 4.87. The molecule has 0 bridgehead atoms. The third kappa shape index (κ3) is 3.50. The molecule has 0 N–H and O–H groups in total. The average molecular weight is 412 g/mol. The van der Waals surface area contributed by atoms with Gasteiger partial charge in [0, 0.05) is 0 Å². The Morgan fingerprint density at radius 2 is 1.21 bits per heavy atom. The highest BCUT2D eigenvalue weighted by Crippen LogP contribution is 2.36. The fourth-order valence-corrected chi connectivity index (χ4v) is 4.75. The first kappa shape index (κ1) is 18.6. The van der Waals surface area contributed by atoms with Crippen LogP contribution in [0.25, 0.3) is 20.9 Å². The zero-order valence-electron chi connectivity index (χ0n) is 15.0. The minimum absolute atomic E-state index is 0.232. The van der Waals surface area contributed by atoms with Crippen molar-refractivity contribution in [2.24, 2.45) is 0 Å². The Balaban J connectivity index is 1.84. The molecule has 28 heavy (non-hydrogen) atoms. The van der Waals surface area contributed by atoms with E-state index in [0.717, 1.165) is 0 Å². The molecule has 3 nitrogen and oxygen atoms in total. The predicted molar refractivity (Wildman–Crippen MR) is 108 cm³/mol. The number of ketones is 1. The zero-order chi connectivity index (χ0) is 19.8. The van der Waals surface area contributed by atoms with Gasteiger partial charge in [-0.15, -0.1) is 22.7 Å². The molecule has 0 radical (unpaired) electrons. The maximum absolute atomic E-state index is 13.7. The molecular formula is C21H14F2N2OS2. The van der Waals surface area contributed by atoms with Gasteiger partial charge in [-0.1, -0.05) is 24.3 Å². The molecular weight excluding hydrogens is 398 g/mol. The third-order valence-corrected chi connectivity index (χ3v) is 6.11. The lowest BCUT2D eigenvalue weighted by atomic mass is 10.1. The first-order chi connectivity index (χ1) is 13.4. The van der Waals surface area contributed by atoms with Crippen LogP contribution in [0, 0.1) is 25.5 Å². The molecule has 0 aliphatic rings.